The van der Waals surface area contributed by atoms with Gasteiger partial charge in [-0.3, -0.25) is 4.79 Å². The fraction of sp³-hybridized carbons (Fsp3) is 0.632. The van der Waals surface area contributed by atoms with Crippen LogP contribution < -0.4 is 11.5 Å². The molecular weight excluding hydrogens is 572 g/mol. The Balaban J connectivity index is 0.000000167. The molecule has 2 aliphatic carbocycles. The van der Waals surface area contributed by atoms with Crippen LogP contribution in [0.4, 0.5) is 11.4 Å². The topological polar surface area (TPSA) is 124 Å². The number of piperidine rings is 2. The molecule has 1 aromatic heterocycles. The summed E-state index contributed by atoms with van der Waals surface area (Å²) in [6, 6.07) is 13.0. The SMILES string of the molecule is CCCCCCN1CC2C(C1)C2(C)c1ccc(N)c(N)c1.CCCCCCN1CC2C(C1)C2(C)c1ccc2nc[nH]c2c1.O=CO. The van der Waals surface area contributed by atoms with Crippen LogP contribution in [0.15, 0.2) is 42.7 Å². The Kier molecular flexibility index (Phi) is 11.0. The van der Waals surface area contributed by atoms with Crippen molar-refractivity contribution in [2.75, 3.05) is 50.7 Å². The molecule has 46 heavy (non-hydrogen) atoms. The molecular formula is C38H58N6O2. The number of nitrogens with two attached hydrogens (primary N) is 2. The van der Waals surface area contributed by atoms with Gasteiger partial charge in [0.15, 0.2) is 0 Å². The Morgan fingerprint density at radius 3 is 1.74 bits per heavy atom. The van der Waals surface area contributed by atoms with E-state index >= 15 is 0 Å². The van der Waals surface area contributed by atoms with Crippen molar-refractivity contribution in [1.29, 1.82) is 0 Å². The van der Waals surface area contributed by atoms with Crippen molar-refractivity contribution in [3.05, 3.63) is 53.9 Å². The van der Waals surface area contributed by atoms with E-state index in [1.165, 1.54) is 107 Å². The maximum atomic E-state index is 8.36. The van der Waals surface area contributed by atoms with Crippen molar-refractivity contribution in [1.82, 2.24) is 19.8 Å². The Morgan fingerprint density at radius 2 is 1.26 bits per heavy atom. The molecule has 0 spiro atoms. The summed E-state index contributed by atoms with van der Waals surface area (Å²) in [6.45, 7) is 16.9. The Morgan fingerprint density at radius 1 is 0.783 bits per heavy atom. The van der Waals surface area contributed by atoms with Crippen LogP contribution in [0.2, 0.25) is 0 Å². The lowest BCUT2D eigenvalue weighted by molar-refractivity contribution is -0.122. The highest BCUT2D eigenvalue weighted by Crippen LogP contribution is 2.64. The molecule has 0 radical (unpaired) electrons. The first kappa shape index (κ1) is 34.2. The van der Waals surface area contributed by atoms with Crippen LogP contribution in [-0.4, -0.2) is 70.6 Å². The van der Waals surface area contributed by atoms with Crippen LogP contribution in [0.1, 0.15) is 90.2 Å². The molecule has 8 heteroatoms. The molecule has 8 nitrogen and oxygen atoms in total. The minimum absolute atomic E-state index is 0.250. The van der Waals surface area contributed by atoms with Crippen LogP contribution in [-0.2, 0) is 15.6 Å². The summed E-state index contributed by atoms with van der Waals surface area (Å²) in [5, 5.41) is 6.89. The predicted molar refractivity (Wildman–Crippen MR) is 190 cm³/mol. The third-order valence-corrected chi connectivity index (χ3v) is 12.1. The normalized spacial score (nSPS) is 29.3. The van der Waals surface area contributed by atoms with Gasteiger partial charge in [-0.25, -0.2) is 4.98 Å². The minimum Gasteiger partial charge on any atom is -0.483 e. The van der Waals surface area contributed by atoms with Gasteiger partial charge in [-0.05, 0) is 85.0 Å². The molecule has 2 saturated heterocycles. The second-order valence-corrected chi connectivity index (χ2v) is 14.7. The number of anilines is 2. The summed E-state index contributed by atoms with van der Waals surface area (Å²) >= 11 is 0. The summed E-state index contributed by atoms with van der Waals surface area (Å²) in [5.74, 6) is 3.34. The highest BCUT2D eigenvalue weighted by atomic mass is 16.3. The molecule has 252 valence electrons. The third-order valence-electron chi connectivity index (χ3n) is 12.1. The summed E-state index contributed by atoms with van der Waals surface area (Å²) in [7, 11) is 0. The van der Waals surface area contributed by atoms with Gasteiger partial charge >= 0.3 is 0 Å². The Labute approximate surface area is 276 Å². The van der Waals surface area contributed by atoms with E-state index in [4.69, 9.17) is 21.4 Å². The quantitative estimate of drug-likeness (QED) is 0.0973. The number of nitrogens with zero attached hydrogens (tertiary/aromatic N) is 3. The van der Waals surface area contributed by atoms with Crippen molar-refractivity contribution in [2.24, 2.45) is 23.7 Å². The third kappa shape index (κ3) is 6.93. The summed E-state index contributed by atoms with van der Waals surface area (Å²) < 4.78 is 0. The van der Waals surface area contributed by atoms with Gasteiger partial charge in [-0.15, -0.1) is 0 Å². The lowest BCUT2D eigenvalue weighted by atomic mass is 9.91. The number of aromatic nitrogens is 2. The van der Waals surface area contributed by atoms with Gasteiger partial charge in [-0.2, -0.15) is 0 Å². The smallest absolute Gasteiger partial charge is 0.290 e. The number of fused-ring (bicyclic) bond motifs is 3. The Bertz CT molecular complexity index is 1410. The van der Waals surface area contributed by atoms with E-state index in [2.05, 4.69) is 77.8 Å². The molecule has 7 rings (SSSR count). The maximum absolute atomic E-state index is 8.36. The van der Waals surface area contributed by atoms with Crippen molar-refractivity contribution in [3.8, 4) is 0 Å². The summed E-state index contributed by atoms with van der Waals surface area (Å²) in [5.41, 5.74) is 19.1. The van der Waals surface area contributed by atoms with Crippen LogP contribution in [0.3, 0.4) is 0 Å². The number of nitrogen functional groups attached to an aromatic ring is 2. The molecule has 2 aliphatic heterocycles. The van der Waals surface area contributed by atoms with E-state index in [0.29, 0.717) is 16.5 Å². The average molecular weight is 631 g/mol. The van der Waals surface area contributed by atoms with Crippen LogP contribution >= 0.6 is 0 Å². The van der Waals surface area contributed by atoms with E-state index in [1.807, 2.05) is 6.07 Å². The van der Waals surface area contributed by atoms with Gasteiger partial charge in [0.05, 0.1) is 28.7 Å². The lowest BCUT2D eigenvalue weighted by Crippen LogP contribution is -2.29. The first-order valence-electron chi connectivity index (χ1n) is 17.8. The number of hydrogen-bond acceptors (Lipinski definition) is 6. The number of hydrogen-bond donors (Lipinski definition) is 4. The van der Waals surface area contributed by atoms with Crippen molar-refractivity contribution in [2.45, 2.75) is 89.9 Å². The molecule has 4 fully saturated rings. The van der Waals surface area contributed by atoms with Crippen LogP contribution in [0.25, 0.3) is 11.0 Å². The monoisotopic (exact) mass is 630 g/mol. The molecule has 4 unspecified atom stereocenters. The Hall–Kier alpha value is -3.10. The zero-order valence-electron chi connectivity index (χ0n) is 28.7. The number of imidazole rings is 1. The molecule has 3 aromatic rings. The number of carbonyl (C=O) groups is 1. The number of rotatable bonds is 12. The molecule has 0 bridgehead atoms. The number of likely N-dealkylation sites (tertiary alicyclic amines) is 2. The fourth-order valence-electron chi connectivity index (χ4n) is 8.85. The largest absolute Gasteiger partial charge is 0.483 e. The van der Waals surface area contributed by atoms with Crippen molar-refractivity contribution >= 4 is 28.9 Å². The number of aromatic amines is 1. The van der Waals surface area contributed by atoms with E-state index in [0.717, 1.165) is 34.9 Å². The number of benzene rings is 2. The van der Waals surface area contributed by atoms with Crippen LogP contribution in [0, 0.1) is 23.7 Å². The lowest BCUT2D eigenvalue weighted by Gasteiger charge is -2.24. The molecule has 2 aromatic carbocycles. The van der Waals surface area contributed by atoms with Gasteiger partial charge in [0.25, 0.3) is 6.47 Å². The fourth-order valence-corrected chi connectivity index (χ4v) is 8.85. The maximum Gasteiger partial charge on any atom is 0.290 e. The van der Waals surface area contributed by atoms with Crippen molar-refractivity contribution in [3.63, 3.8) is 0 Å². The zero-order valence-corrected chi connectivity index (χ0v) is 28.7. The number of H-pyrrole nitrogens is 1. The first-order chi connectivity index (χ1) is 22.2. The standard InChI is InChI=1S/C19H27N3.C18H29N3.CH2O2/c1-3-4-5-6-9-22-11-15-16(12-22)19(15,2)14-7-8-17-18(10-14)21-13-20-17;1-3-4-5-6-9-21-11-14-15(12-21)18(14,2)13-7-8-16(19)17(20)10-13;2-1-3/h7-8,10,13,15-16H,3-6,9,11-12H2,1-2H3,(H,20,21);7-8,10,14-15H,3-6,9,11-12,19-20H2,1-2H3;1H,(H,2,3). The van der Waals surface area contributed by atoms with Gasteiger partial charge in [0.1, 0.15) is 0 Å². The summed E-state index contributed by atoms with van der Waals surface area (Å²) in [4.78, 5) is 21.3. The molecule has 4 atom stereocenters. The second-order valence-electron chi connectivity index (χ2n) is 14.7. The minimum atomic E-state index is -0.250. The first-order valence-corrected chi connectivity index (χ1v) is 17.8. The average Bonchev–Trinajstić information content (AvgIpc) is 3.52. The molecule has 0 amide bonds. The highest BCUT2D eigenvalue weighted by molar-refractivity contribution is 5.76. The summed E-state index contributed by atoms with van der Waals surface area (Å²) in [6.07, 6.45) is 12.7. The number of carboxylic acid groups (broad SMARTS) is 1. The van der Waals surface area contributed by atoms with Gasteiger partial charge in [0.2, 0.25) is 0 Å². The molecule has 6 N–H and O–H groups in total. The van der Waals surface area contributed by atoms with E-state index in [-0.39, 0.29) is 6.47 Å². The van der Waals surface area contributed by atoms with E-state index in [1.54, 1.807) is 6.33 Å². The van der Waals surface area contributed by atoms with Gasteiger partial charge in [-0.1, -0.05) is 78.4 Å². The molecule has 4 aliphatic rings. The number of unbranched alkanes of at least 4 members (excludes halogenated alkanes) is 6. The van der Waals surface area contributed by atoms with Crippen molar-refractivity contribution < 1.29 is 9.90 Å². The number of nitrogens with one attached hydrogen (secondary N) is 1. The predicted octanol–water partition coefficient (Wildman–Crippen LogP) is 6.91. The molecule has 3 heterocycles. The van der Waals surface area contributed by atoms with E-state index < -0.39 is 0 Å². The van der Waals surface area contributed by atoms with Crippen LogP contribution in [0.5, 0.6) is 0 Å². The second kappa shape index (κ2) is 14.8. The van der Waals surface area contributed by atoms with Gasteiger partial charge in [0, 0.05) is 37.0 Å². The highest BCUT2D eigenvalue weighted by Gasteiger charge is 2.66. The zero-order chi connectivity index (χ0) is 32.9. The van der Waals surface area contributed by atoms with E-state index in [9.17, 15) is 0 Å². The molecule has 2 saturated carbocycles. The van der Waals surface area contributed by atoms with Gasteiger partial charge < -0.3 is 31.4 Å².